The molecule has 0 fully saturated rings. The van der Waals surface area contributed by atoms with Gasteiger partial charge in [-0.1, -0.05) is 39.2 Å². The van der Waals surface area contributed by atoms with Gasteiger partial charge in [-0.15, -0.1) is 0 Å². The molecule has 1 unspecified atom stereocenters. The van der Waals surface area contributed by atoms with Gasteiger partial charge < -0.3 is 24.8 Å². The lowest BCUT2D eigenvalue weighted by Gasteiger charge is -2.29. The highest BCUT2D eigenvalue weighted by atomic mass is 16.5. The van der Waals surface area contributed by atoms with E-state index in [0.29, 0.717) is 42.4 Å². The molecule has 1 aromatic rings. The zero-order chi connectivity index (χ0) is 21.9. The van der Waals surface area contributed by atoms with Crippen LogP contribution in [0, 0.1) is 0 Å². The summed E-state index contributed by atoms with van der Waals surface area (Å²) in [7, 11) is 1.35. The molecule has 1 heterocycles. The van der Waals surface area contributed by atoms with Crippen LogP contribution >= 0.6 is 0 Å². The number of ether oxygens (including phenoxy) is 3. The zero-order valence-electron chi connectivity index (χ0n) is 18.5. The molecule has 0 saturated heterocycles. The number of hydrogen-bond donors (Lipinski definition) is 2. The molecule has 1 aromatic carbocycles. The lowest BCUT2D eigenvalue weighted by atomic mass is 9.93. The van der Waals surface area contributed by atoms with Crippen LogP contribution in [-0.2, 0) is 9.53 Å². The van der Waals surface area contributed by atoms with Crippen LogP contribution in [-0.4, -0.2) is 32.3 Å². The fraction of sp³-hybridized carbons (Fsp3) is 0.565. The first kappa shape index (κ1) is 23.6. The Bertz CT molecular complexity index is 760. The van der Waals surface area contributed by atoms with Crippen molar-refractivity contribution in [3.63, 3.8) is 0 Å². The largest absolute Gasteiger partial charge is 0.490 e. The molecular weight excluding hydrogens is 384 g/mol. The Kier molecular flexibility index (Phi) is 9.51. The SMILES string of the molecule is CCCCCOc1ccc(C2NC(=O)NC(CCCC)=C2C(=O)OC)cc1OCC. The van der Waals surface area contributed by atoms with Crippen molar-refractivity contribution in [3.05, 3.63) is 35.0 Å². The average molecular weight is 419 g/mol. The normalized spacial score (nSPS) is 16.0. The van der Waals surface area contributed by atoms with Gasteiger partial charge in [0, 0.05) is 5.70 Å². The van der Waals surface area contributed by atoms with Crippen molar-refractivity contribution in [3.8, 4) is 11.5 Å². The highest BCUT2D eigenvalue weighted by Gasteiger charge is 2.33. The summed E-state index contributed by atoms with van der Waals surface area (Å²) in [5, 5.41) is 5.63. The maximum absolute atomic E-state index is 12.6. The third-order valence-corrected chi connectivity index (χ3v) is 4.95. The molecule has 2 rings (SSSR count). The van der Waals surface area contributed by atoms with Crippen LogP contribution in [0.15, 0.2) is 29.5 Å². The van der Waals surface area contributed by atoms with Crippen LogP contribution in [0.25, 0.3) is 0 Å². The molecule has 1 atom stereocenters. The number of hydrogen-bond acceptors (Lipinski definition) is 5. The van der Waals surface area contributed by atoms with Gasteiger partial charge in [0.25, 0.3) is 0 Å². The van der Waals surface area contributed by atoms with Crippen LogP contribution in [0.1, 0.15) is 70.9 Å². The van der Waals surface area contributed by atoms with E-state index in [9.17, 15) is 9.59 Å². The number of urea groups is 1. The van der Waals surface area contributed by atoms with Crippen molar-refractivity contribution in [1.82, 2.24) is 10.6 Å². The second-order valence-corrected chi connectivity index (χ2v) is 7.21. The van der Waals surface area contributed by atoms with E-state index in [1.807, 2.05) is 25.1 Å². The topological polar surface area (TPSA) is 85.9 Å². The maximum atomic E-state index is 12.6. The molecule has 7 heteroatoms. The molecule has 7 nitrogen and oxygen atoms in total. The molecule has 0 radical (unpaired) electrons. The lowest BCUT2D eigenvalue weighted by Crippen LogP contribution is -2.45. The Morgan fingerprint density at radius 2 is 1.80 bits per heavy atom. The van der Waals surface area contributed by atoms with E-state index in [2.05, 4.69) is 24.5 Å². The van der Waals surface area contributed by atoms with E-state index < -0.39 is 12.0 Å². The highest BCUT2D eigenvalue weighted by molar-refractivity contribution is 5.95. The first-order valence-corrected chi connectivity index (χ1v) is 10.8. The predicted molar refractivity (Wildman–Crippen MR) is 116 cm³/mol. The van der Waals surface area contributed by atoms with E-state index in [4.69, 9.17) is 14.2 Å². The van der Waals surface area contributed by atoms with E-state index in [1.165, 1.54) is 7.11 Å². The molecule has 2 N–H and O–H groups in total. The first-order chi connectivity index (χ1) is 14.5. The lowest BCUT2D eigenvalue weighted by molar-refractivity contribution is -0.136. The summed E-state index contributed by atoms with van der Waals surface area (Å²) in [5.41, 5.74) is 1.77. The molecular formula is C23H34N2O5. The summed E-state index contributed by atoms with van der Waals surface area (Å²) in [6.07, 6.45) is 5.62. The number of allylic oxidation sites excluding steroid dienone is 1. The number of methoxy groups -OCH3 is 1. The Morgan fingerprint density at radius 1 is 1.03 bits per heavy atom. The first-order valence-electron chi connectivity index (χ1n) is 10.8. The van der Waals surface area contributed by atoms with Gasteiger partial charge in [0.2, 0.25) is 0 Å². The molecule has 0 bridgehead atoms. The monoisotopic (exact) mass is 418 g/mol. The number of carbonyl (C=O) groups is 2. The summed E-state index contributed by atoms with van der Waals surface area (Å²) in [4.78, 5) is 24.9. The standard InChI is InChI=1S/C23H34N2O5/c1-5-8-10-14-30-18-13-12-16(15-19(18)29-7-3)21-20(22(26)28-4)17(11-9-6-2)24-23(27)25-21/h12-13,15,21H,5-11,14H2,1-4H3,(H2,24,25,27). The van der Waals surface area contributed by atoms with Crippen LogP contribution in [0.3, 0.4) is 0 Å². The van der Waals surface area contributed by atoms with Gasteiger partial charge in [-0.2, -0.15) is 0 Å². The predicted octanol–water partition coefficient (Wildman–Crippen LogP) is 4.63. The number of nitrogens with one attached hydrogen (secondary N) is 2. The van der Waals surface area contributed by atoms with Crippen molar-refractivity contribution < 1.29 is 23.8 Å². The van der Waals surface area contributed by atoms with Crippen molar-refractivity contribution in [2.45, 2.75) is 65.3 Å². The minimum absolute atomic E-state index is 0.336. The molecule has 166 valence electrons. The number of esters is 1. The highest BCUT2D eigenvalue weighted by Crippen LogP contribution is 2.35. The Morgan fingerprint density at radius 3 is 2.47 bits per heavy atom. The van der Waals surface area contributed by atoms with Crippen molar-refractivity contribution in [1.29, 1.82) is 0 Å². The quantitative estimate of drug-likeness (QED) is 0.382. The minimum atomic E-state index is -0.619. The fourth-order valence-electron chi connectivity index (χ4n) is 3.40. The molecule has 0 aromatic heterocycles. The van der Waals surface area contributed by atoms with Crippen LogP contribution in [0.4, 0.5) is 4.79 Å². The van der Waals surface area contributed by atoms with Crippen molar-refractivity contribution in [2.24, 2.45) is 0 Å². The number of unbranched alkanes of at least 4 members (excludes halogenated alkanes) is 3. The van der Waals surface area contributed by atoms with Crippen molar-refractivity contribution >= 4 is 12.0 Å². The summed E-state index contributed by atoms with van der Waals surface area (Å²) in [6.45, 7) is 7.21. The zero-order valence-corrected chi connectivity index (χ0v) is 18.5. The van der Waals surface area contributed by atoms with Crippen LogP contribution < -0.4 is 20.1 Å². The molecule has 1 aliphatic rings. The Labute approximate surface area is 179 Å². The second-order valence-electron chi connectivity index (χ2n) is 7.21. The second kappa shape index (κ2) is 12.1. The minimum Gasteiger partial charge on any atom is -0.490 e. The molecule has 30 heavy (non-hydrogen) atoms. The average Bonchev–Trinajstić information content (AvgIpc) is 2.75. The number of rotatable bonds is 12. The van der Waals surface area contributed by atoms with E-state index >= 15 is 0 Å². The Hall–Kier alpha value is -2.70. The number of carbonyl (C=O) groups excluding carboxylic acids is 2. The Balaban J connectivity index is 2.38. The summed E-state index contributed by atoms with van der Waals surface area (Å²) < 4.78 is 16.7. The van der Waals surface area contributed by atoms with E-state index in [-0.39, 0.29) is 6.03 Å². The van der Waals surface area contributed by atoms with Gasteiger partial charge in [0.15, 0.2) is 11.5 Å². The molecule has 0 aliphatic carbocycles. The van der Waals surface area contributed by atoms with Gasteiger partial charge in [-0.3, -0.25) is 0 Å². The van der Waals surface area contributed by atoms with E-state index in [0.717, 1.165) is 37.7 Å². The van der Waals surface area contributed by atoms with E-state index in [1.54, 1.807) is 0 Å². The summed E-state index contributed by atoms with van der Waals surface area (Å²) in [6, 6.07) is 4.56. The molecule has 0 saturated carbocycles. The van der Waals surface area contributed by atoms with Crippen LogP contribution in [0.2, 0.25) is 0 Å². The van der Waals surface area contributed by atoms with Gasteiger partial charge in [-0.05, 0) is 43.9 Å². The van der Waals surface area contributed by atoms with Crippen molar-refractivity contribution in [2.75, 3.05) is 20.3 Å². The van der Waals surface area contributed by atoms with Gasteiger partial charge in [0.05, 0.1) is 31.9 Å². The number of benzene rings is 1. The molecule has 2 amide bonds. The third kappa shape index (κ3) is 6.15. The van der Waals surface area contributed by atoms with Gasteiger partial charge in [0.1, 0.15) is 0 Å². The summed E-state index contributed by atoms with van der Waals surface area (Å²) >= 11 is 0. The number of amides is 2. The van der Waals surface area contributed by atoms with Gasteiger partial charge in [-0.25, -0.2) is 9.59 Å². The maximum Gasteiger partial charge on any atom is 0.337 e. The molecule has 0 spiro atoms. The summed E-state index contributed by atoms with van der Waals surface area (Å²) in [5.74, 6) is 0.793. The van der Waals surface area contributed by atoms with Crippen LogP contribution in [0.5, 0.6) is 11.5 Å². The fourth-order valence-corrected chi connectivity index (χ4v) is 3.40. The molecule has 1 aliphatic heterocycles. The van der Waals surface area contributed by atoms with Gasteiger partial charge >= 0.3 is 12.0 Å². The third-order valence-electron chi connectivity index (χ3n) is 4.95. The smallest absolute Gasteiger partial charge is 0.337 e.